The minimum Gasteiger partial charge on any atom is -0.478 e. The maximum absolute atomic E-state index is 11.3. The van der Waals surface area contributed by atoms with E-state index in [0.717, 1.165) is 38.6 Å². The van der Waals surface area contributed by atoms with Crippen molar-refractivity contribution in [2.45, 2.75) is 30.2 Å². The topological polar surface area (TPSA) is 60.0 Å². The Balaban J connectivity index is 1.88. The van der Waals surface area contributed by atoms with Crippen molar-refractivity contribution in [3.05, 3.63) is 71.1 Å². The van der Waals surface area contributed by atoms with E-state index in [4.69, 9.17) is 11.6 Å². The van der Waals surface area contributed by atoms with Gasteiger partial charge in [0.15, 0.2) is 0 Å². The maximum atomic E-state index is 11.3. The molecule has 2 aromatic carbocycles. The lowest BCUT2D eigenvalue weighted by Gasteiger charge is -2.06. The molecular formula is C21H18ClN3O2S. The Hall–Kier alpha value is -2.70. The van der Waals surface area contributed by atoms with Crippen LogP contribution < -0.4 is 0 Å². The molecule has 0 unspecified atom stereocenters. The van der Waals surface area contributed by atoms with Crippen molar-refractivity contribution in [1.82, 2.24) is 14.3 Å². The van der Waals surface area contributed by atoms with Gasteiger partial charge >= 0.3 is 5.97 Å². The predicted molar refractivity (Wildman–Crippen MR) is 112 cm³/mol. The first-order valence-electron chi connectivity index (χ1n) is 8.82. The number of carboxylic acid groups (broad SMARTS) is 1. The van der Waals surface area contributed by atoms with E-state index in [2.05, 4.69) is 16.6 Å². The van der Waals surface area contributed by atoms with Gasteiger partial charge in [-0.3, -0.25) is 4.68 Å². The zero-order chi connectivity index (χ0) is 19.8. The molecule has 4 rings (SSSR count). The molecule has 28 heavy (non-hydrogen) atoms. The Morgan fingerprint density at radius 1 is 1.25 bits per heavy atom. The van der Waals surface area contributed by atoms with Crippen molar-refractivity contribution < 1.29 is 9.90 Å². The molecule has 0 fully saturated rings. The molecular weight excluding hydrogens is 394 g/mol. The lowest BCUT2D eigenvalue weighted by Crippen LogP contribution is -1.96. The normalized spacial score (nSPS) is 11.2. The van der Waals surface area contributed by atoms with Gasteiger partial charge in [-0.15, -0.1) is 0 Å². The van der Waals surface area contributed by atoms with Gasteiger partial charge in [0.25, 0.3) is 0 Å². The third-order valence-corrected chi connectivity index (χ3v) is 6.06. The summed E-state index contributed by atoms with van der Waals surface area (Å²) in [5.74, 6) is -0.930. The van der Waals surface area contributed by atoms with Crippen LogP contribution in [0.2, 0.25) is 5.02 Å². The number of aromatic nitrogens is 3. The monoisotopic (exact) mass is 411 g/mol. The molecule has 1 N–H and O–H groups in total. The summed E-state index contributed by atoms with van der Waals surface area (Å²) in [6.45, 7) is 4.90. The number of aromatic carboxylic acids is 1. The van der Waals surface area contributed by atoms with Crippen LogP contribution in [0.1, 0.15) is 23.0 Å². The minimum absolute atomic E-state index is 0.277. The number of nitrogens with zero attached hydrogens (tertiary/aromatic N) is 3. The van der Waals surface area contributed by atoms with E-state index in [1.54, 1.807) is 30.0 Å². The molecule has 4 aromatic rings. The molecule has 2 heterocycles. The summed E-state index contributed by atoms with van der Waals surface area (Å²) < 4.78 is 4.03. The van der Waals surface area contributed by atoms with Crippen LogP contribution in [0.25, 0.3) is 16.6 Å². The van der Waals surface area contributed by atoms with Gasteiger partial charge in [-0.05, 0) is 44.2 Å². The Kier molecular flexibility index (Phi) is 4.91. The number of hydrogen-bond acceptors (Lipinski definition) is 3. The van der Waals surface area contributed by atoms with E-state index in [0.29, 0.717) is 5.02 Å². The molecule has 142 valence electrons. The van der Waals surface area contributed by atoms with Gasteiger partial charge in [0.2, 0.25) is 0 Å². The molecule has 2 aromatic heterocycles. The molecule has 0 atom stereocenters. The Labute approximate surface area is 171 Å². The van der Waals surface area contributed by atoms with Gasteiger partial charge in [-0.25, -0.2) is 4.79 Å². The van der Waals surface area contributed by atoms with Crippen LogP contribution in [-0.4, -0.2) is 25.4 Å². The first kappa shape index (κ1) is 18.7. The second-order valence-electron chi connectivity index (χ2n) is 6.40. The summed E-state index contributed by atoms with van der Waals surface area (Å²) in [5, 5.41) is 15.4. The highest BCUT2D eigenvalue weighted by Gasteiger charge is 2.18. The van der Waals surface area contributed by atoms with Crippen LogP contribution in [0.15, 0.2) is 64.6 Å². The highest BCUT2D eigenvalue weighted by molar-refractivity contribution is 7.99. The third-order valence-electron chi connectivity index (χ3n) is 4.61. The maximum Gasteiger partial charge on any atom is 0.335 e. The summed E-state index contributed by atoms with van der Waals surface area (Å²) in [5.41, 5.74) is 3.30. The van der Waals surface area contributed by atoms with Gasteiger partial charge in [0, 0.05) is 38.6 Å². The SMILES string of the molecule is CCn1cc(-n2c(C)c(Sc3cccc(C(=O)O)c3)c3ccc(Cl)cc32)cn1. The lowest BCUT2D eigenvalue weighted by molar-refractivity contribution is 0.0696. The summed E-state index contributed by atoms with van der Waals surface area (Å²) in [7, 11) is 0. The highest BCUT2D eigenvalue weighted by atomic mass is 35.5. The van der Waals surface area contributed by atoms with E-state index in [1.807, 2.05) is 48.3 Å². The Morgan fingerprint density at radius 2 is 2.07 bits per heavy atom. The summed E-state index contributed by atoms with van der Waals surface area (Å²) in [4.78, 5) is 13.2. The first-order valence-corrected chi connectivity index (χ1v) is 10.0. The number of hydrogen-bond donors (Lipinski definition) is 1. The molecule has 0 aliphatic rings. The number of fused-ring (bicyclic) bond motifs is 1. The zero-order valence-corrected chi connectivity index (χ0v) is 17.0. The van der Waals surface area contributed by atoms with Crippen molar-refractivity contribution in [2.75, 3.05) is 0 Å². The fourth-order valence-corrected chi connectivity index (χ4v) is 4.53. The van der Waals surface area contributed by atoms with E-state index >= 15 is 0 Å². The fraction of sp³-hybridized carbons (Fsp3) is 0.143. The van der Waals surface area contributed by atoms with Crippen molar-refractivity contribution in [1.29, 1.82) is 0 Å². The lowest BCUT2D eigenvalue weighted by atomic mass is 10.2. The minimum atomic E-state index is -0.930. The number of carboxylic acids is 1. The van der Waals surface area contributed by atoms with Crippen molar-refractivity contribution >= 4 is 40.2 Å². The first-order chi connectivity index (χ1) is 13.5. The Morgan fingerprint density at radius 3 is 2.79 bits per heavy atom. The zero-order valence-electron chi connectivity index (χ0n) is 15.4. The molecule has 0 aliphatic heterocycles. The summed E-state index contributed by atoms with van der Waals surface area (Å²) in [6, 6.07) is 12.8. The standard InChI is InChI=1S/C21H18ClN3O2S/c1-3-24-12-16(11-23-24)25-13(2)20(18-8-7-15(22)10-19(18)25)28-17-6-4-5-14(9-17)21(26)27/h4-12H,3H2,1-2H3,(H,26,27). The molecule has 0 spiro atoms. The average molecular weight is 412 g/mol. The Bertz CT molecular complexity index is 1200. The smallest absolute Gasteiger partial charge is 0.335 e. The number of benzene rings is 2. The molecule has 0 bridgehead atoms. The van der Waals surface area contributed by atoms with Gasteiger partial charge in [-0.2, -0.15) is 5.10 Å². The summed E-state index contributed by atoms with van der Waals surface area (Å²) >= 11 is 7.84. The predicted octanol–water partition coefficient (Wildman–Crippen LogP) is 5.66. The van der Waals surface area contributed by atoms with Gasteiger partial charge < -0.3 is 9.67 Å². The van der Waals surface area contributed by atoms with Gasteiger partial charge in [-0.1, -0.05) is 35.5 Å². The van der Waals surface area contributed by atoms with Crippen molar-refractivity contribution in [3.63, 3.8) is 0 Å². The number of halogens is 1. The molecule has 0 amide bonds. The van der Waals surface area contributed by atoms with E-state index in [1.165, 1.54) is 0 Å². The molecule has 0 aliphatic carbocycles. The van der Waals surface area contributed by atoms with Crippen LogP contribution in [0.3, 0.4) is 0 Å². The van der Waals surface area contributed by atoms with Gasteiger partial charge in [0.1, 0.15) is 0 Å². The molecule has 0 radical (unpaired) electrons. The molecule has 7 heteroatoms. The third kappa shape index (κ3) is 3.30. The average Bonchev–Trinajstić information content (AvgIpc) is 3.25. The molecule has 0 saturated heterocycles. The fourth-order valence-electron chi connectivity index (χ4n) is 3.27. The molecule has 5 nitrogen and oxygen atoms in total. The van der Waals surface area contributed by atoms with Gasteiger partial charge in [0.05, 0.1) is 23.0 Å². The number of rotatable bonds is 5. The van der Waals surface area contributed by atoms with Crippen LogP contribution in [0.5, 0.6) is 0 Å². The van der Waals surface area contributed by atoms with E-state index < -0.39 is 5.97 Å². The molecule has 0 saturated carbocycles. The van der Waals surface area contributed by atoms with E-state index in [-0.39, 0.29) is 5.56 Å². The van der Waals surface area contributed by atoms with Crippen molar-refractivity contribution in [3.8, 4) is 5.69 Å². The van der Waals surface area contributed by atoms with Crippen LogP contribution in [0, 0.1) is 6.92 Å². The van der Waals surface area contributed by atoms with Crippen LogP contribution in [-0.2, 0) is 6.54 Å². The summed E-state index contributed by atoms with van der Waals surface area (Å²) in [6.07, 6.45) is 3.85. The second-order valence-corrected chi connectivity index (χ2v) is 7.92. The highest BCUT2D eigenvalue weighted by Crippen LogP contribution is 2.40. The largest absolute Gasteiger partial charge is 0.478 e. The number of aryl methyl sites for hydroxylation is 1. The second kappa shape index (κ2) is 7.37. The van der Waals surface area contributed by atoms with Crippen molar-refractivity contribution in [2.24, 2.45) is 0 Å². The van der Waals surface area contributed by atoms with Crippen LogP contribution in [0.4, 0.5) is 0 Å². The quantitative estimate of drug-likeness (QED) is 0.460. The number of carbonyl (C=O) groups is 1. The van der Waals surface area contributed by atoms with E-state index in [9.17, 15) is 9.90 Å². The van der Waals surface area contributed by atoms with Crippen LogP contribution >= 0.6 is 23.4 Å².